The van der Waals surface area contributed by atoms with Crippen LogP contribution in [0.1, 0.15) is 39.4 Å². The van der Waals surface area contributed by atoms with E-state index in [4.69, 9.17) is 9.26 Å². The Morgan fingerprint density at radius 2 is 2.05 bits per heavy atom. The highest BCUT2D eigenvalue weighted by Gasteiger charge is 2.75. The number of rotatable bonds is 2. The molecule has 2 heterocycles. The SMILES string of the molecule is Cc1cc(NC(=O)[C@@]23CC[C@@](C)(C(=O)O2)C3(C)C)no1. The van der Waals surface area contributed by atoms with Crippen molar-refractivity contribution < 1.29 is 18.8 Å². The number of nitrogens with zero attached hydrogens (tertiary/aromatic N) is 1. The molecule has 1 aromatic rings. The van der Waals surface area contributed by atoms with Gasteiger partial charge in [-0.3, -0.25) is 9.59 Å². The largest absolute Gasteiger partial charge is 0.448 e. The number of nitrogens with one attached hydrogen (secondary N) is 1. The maximum absolute atomic E-state index is 12.6. The van der Waals surface area contributed by atoms with Crippen molar-refractivity contribution in [3.8, 4) is 0 Å². The van der Waals surface area contributed by atoms with Gasteiger partial charge in [0.2, 0.25) is 0 Å². The molecule has 1 aliphatic carbocycles. The van der Waals surface area contributed by atoms with Gasteiger partial charge in [0.05, 0.1) is 5.41 Å². The van der Waals surface area contributed by atoms with Gasteiger partial charge in [-0.1, -0.05) is 19.0 Å². The number of carbonyl (C=O) groups excluding carboxylic acids is 2. The molecule has 1 aromatic heterocycles. The Morgan fingerprint density at radius 1 is 1.35 bits per heavy atom. The van der Waals surface area contributed by atoms with Gasteiger partial charge in [0.1, 0.15) is 5.76 Å². The molecule has 1 N–H and O–H groups in total. The van der Waals surface area contributed by atoms with Crippen LogP contribution >= 0.6 is 0 Å². The van der Waals surface area contributed by atoms with Crippen molar-refractivity contribution in [2.75, 3.05) is 5.32 Å². The van der Waals surface area contributed by atoms with Crippen molar-refractivity contribution in [3.05, 3.63) is 11.8 Å². The van der Waals surface area contributed by atoms with Gasteiger partial charge >= 0.3 is 5.97 Å². The number of ether oxygens (including phenoxy) is 1. The highest BCUT2D eigenvalue weighted by molar-refractivity contribution is 6.02. The summed E-state index contributed by atoms with van der Waals surface area (Å²) in [6, 6.07) is 1.63. The minimum absolute atomic E-state index is 0.291. The van der Waals surface area contributed by atoms with Gasteiger partial charge in [0.15, 0.2) is 11.4 Å². The zero-order valence-electron chi connectivity index (χ0n) is 12.1. The summed E-state index contributed by atoms with van der Waals surface area (Å²) in [6.45, 7) is 7.45. The van der Waals surface area contributed by atoms with Crippen molar-refractivity contribution >= 4 is 17.7 Å². The normalized spacial score (nSPS) is 34.1. The number of aromatic nitrogens is 1. The lowest BCUT2D eigenvalue weighted by molar-refractivity contribution is -0.165. The number of hydrogen-bond donors (Lipinski definition) is 1. The molecule has 1 saturated heterocycles. The summed E-state index contributed by atoms with van der Waals surface area (Å²) in [4.78, 5) is 24.7. The third kappa shape index (κ3) is 1.31. The first-order chi connectivity index (χ1) is 9.23. The minimum Gasteiger partial charge on any atom is -0.448 e. The van der Waals surface area contributed by atoms with E-state index >= 15 is 0 Å². The lowest BCUT2D eigenvalue weighted by Gasteiger charge is -2.35. The van der Waals surface area contributed by atoms with E-state index in [-0.39, 0.29) is 11.9 Å². The first kappa shape index (κ1) is 13.1. The summed E-state index contributed by atoms with van der Waals surface area (Å²) >= 11 is 0. The predicted molar refractivity (Wildman–Crippen MR) is 69.8 cm³/mol. The maximum Gasteiger partial charge on any atom is 0.313 e. The number of hydrogen-bond acceptors (Lipinski definition) is 5. The average Bonchev–Trinajstić information content (AvgIpc) is 2.89. The molecule has 2 aliphatic rings. The monoisotopic (exact) mass is 278 g/mol. The summed E-state index contributed by atoms with van der Waals surface area (Å²) in [5, 5.41) is 6.44. The Morgan fingerprint density at radius 3 is 2.50 bits per heavy atom. The van der Waals surface area contributed by atoms with E-state index < -0.39 is 16.4 Å². The molecule has 0 unspecified atom stereocenters. The van der Waals surface area contributed by atoms with Gasteiger partial charge in [-0.05, 0) is 26.7 Å². The molecule has 0 aromatic carbocycles. The molecular weight excluding hydrogens is 260 g/mol. The van der Waals surface area contributed by atoms with Crippen LogP contribution in [0.4, 0.5) is 5.82 Å². The van der Waals surface area contributed by atoms with E-state index in [1.807, 2.05) is 20.8 Å². The molecule has 1 saturated carbocycles. The third-order valence-electron chi connectivity index (χ3n) is 5.32. The van der Waals surface area contributed by atoms with Crippen molar-refractivity contribution in [1.29, 1.82) is 0 Å². The van der Waals surface area contributed by atoms with Crippen LogP contribution in [0.3, 0.4) is 0 Å². The number of amides is 1. The summed E-state index contributed by atoms with van der Waals surface area (Å²) in [5.74, 6) is 0.330. The van der Waals surface area contributed by atoms with E-state index in [2.05, 4.69) is 10.5 Å². The lowest BCUT2D eigenvalue weighted by Crippen LogP contribution is -2.50. The van der Waals surface area contributed by atoms with Crippen molar-refractivity contribution in [2.45, 2.75) is 46.1 Å². The third-order valence-corrected chi connectivity index (χ3v) is 5.32. The molecule has 2 bridgehead atoms. The molecule has 6 nitrogen and oxygen atoms in total. The average molecular weight is 278 g/mol. The molecule has 6 heteroatoms. The Kier molecular flexibility index (Phi) is 2.38. The van der Waals surface area contributed by atoms with Crippen LogP contribution < -0.4 is 5.32 Å². The van der Waals surface area contributed by atoms with E-state index in [0.717, 1.165) is 0 Å². The number of fused-ring (bicyclic) bond motifs is 2. The molecular formula is C14H18N2O4. The van der Waals surface area contributed by atoms with Crippen LogP contribution in [-0.2, 0) is 14.3 Å². The fourth-order valence-electron chi connectivity index (χ4n) is 3.39. The summed E-state index contributed by atoms with van der Waals surface area (Å²) in [6.07, 6.45) is 1.19. The second-order valence-electron chi connectivity index (χ2n) is 6.45. The van der Waals surface area contributed by atoms with E-state index in [0.29, 0.717) is 24.4 Å². The molecule has 2 atom stereocenters. The van der Waals surface area contributed by atoms with Gasteiger partial charge < -0.3 is 14.6 Å². The zero-order chi connectivity index (χ0) is 14.8. The van der Waals surface area contributed by atoms with E-state index in [1.165, 1.54) is 0 Å². The quantitative estimate of drug-likeness (QED) is 0.837. The molecule has 1 aliphatic heterocycles. The molecule has 108 valence electrons. The van der Waals surface area contributed by atoms with Crippen LogP contribution in [0.15, 0.2) is 10.6 Å². The smallest absolute Gasteiger partial charge is 0.313 e. The zero-order valence-corrected chi connectivity index (χ0v) is 12.1. The van der Waals surface area contributed by atoms with Gasteiger partial charge in [-0.2, -0.15) is 0 Å². The van der Waals surface area contributed by atoms with Crippen molar-refractivity contribution in [3.63, 3.8) is 0 Å². The van der Waals surface area contributed by atoms with Crippen LogP contribution in [0, 0.1) is 17.8 Å². The summed E-state index contributed by atoms with van der Waals surface area (Å²) in [5.41, 5.74) is -2.28. The number of carbonyl (C=O) groups is 2. The minimum atomic E-state index is -1.12. The van der Waals surface area contributed by atoms with E-state index in [1.54, 1.807) is 13.0 Å². The number of aryl methyl sites for hydroxylation is 1. The van der Waals surface area contributed by atoms with Crippen LogP contribution in [0.5, 0.6) is 0 Å². The van der Waals surface area contributed by atoms with Crippen LogP contribution in [-0.4, -0.2) is 22.6 Å². The van der Waals surface area contributed by atoms with Crippen molar-refractivity contribution in [2.24, 2.45) is 10.8 Å². The Hall–Kier alpha value is -1.85. The topological polar surface area (TPSA) is 81.4 Å². The second-order valence-corrected chi connectivity index (χ2v) is 6.45. The molecule has 0 spiro atoms. The second kappa shape index (κ2) is 3.62. The Labute approximate surface area is 116 Å². The number of anilines is 1. The summed E-state index contributed by atoms with van der Waals surface area (Å²) in [7, 11) is 0. The van der Waals surface area contributed by atoms with Gasteiger partial charge in [-0.25, -0.2) is 0 Å². The lowest BCUT2D eigenvalue weighted by atomic mass is 9.66. The molecule has 20 heavy (non-hydrogen) atoms. The predicted octanol–water partition coefficient (Wildman–Crippen LogP) is 2.04. The molecule has 3 rings (SSSR count). The van der Waals surface area contributed by atoms with Crippen LogP contribution in [0.2, 0.25) is 0 Å². The molecule has 2 fully saturated rings. The number of esters is 1. The maximum atomic E-state index is 12.6. The summed E-state index contributed by atoms with van der Waals surface area (Å²) < 4.78 is 10.4. The standard InChI is InChI=1S/C14H18N2O4/c1-8-7-9(16-20-8)15-10(17)14-6-5-13(4,11(18)19-14)12(14,2)3/h7H,5-6H2,1-4H3,(H,15,16,17)/t13-,14+/m0/s1. The highest BCUT2D eigenvalue weighted by atomic mass is 16.6. The van der Waals surface area contributed by atoms with Gasteiger partial charge in [0, 0.05) is 11.5 Å². The fourth-order valence-corrected chi connectivity index (χ4v) is 3.39. The van der Waals surface area contributed by atoms with E-state index in [9.17, 15) is 9.59 Å². The van der Waals surface area contributed by atoms with Gasteiger partial charge in [0.25, 0.3) is 5.91 Å². The Bertz CT molecular complexity index is 606. The first-order valence-corrected chi connectivity index (χ1v) is 6.71. The molecule has 1 amide bonds. The first-order valence-electron chi connectivity index (χ1n) is 6.71. The fraction of sp³-hybridized carbons (Fsp3) is 0.643. The Balaban J connectivity index is 1.93. The van der Waals surface area contributed by atoms with Crippen LogP contribution in [0.25, 0.3) is 0 Å². The highest BCUT2D eigenvalue weighted by Crippen LogP contribution is 2.65. The molecule has 0 radical (unpaired) electrons. The van der Waals surface area contributed by atoms with Gasteiger partial charge in [-0.15, -0.1) is 0 Å². The van der Waals surface area contributed by atoms with Crippen molar-refractivity contribution in [1.82, 2.24) is 5.16 Å².